The molecule has 1 aromatic rings. The third-order valence-electron chi connectivity index (χ3n) is 4.18. The van der Waals surface area contributed by atoms with Crippen LogP contribution >= 0.6 is 11.6 Å². The van der Waals surface area contributed by atoms with Gasteiger partial charge in [-0.3, -0.25) is 4.79 Å². The van der Waals surface area contributed by atoms with Crippen molar-refractivity contribution in [2.75, 3.05) is 18.0 Å². The van der Waals surface area contributed by atoms with Crippen LogP contribution in [0.15, 0.2) is 18.2 Å². The summed E-state index contributed by atoms with van der Waals surface area (Å²) in [5, 5.41) is 18.8. The van der Waals surface area contributed by atoms with Crippen molar-refractivity contribution in [3.8, 4) is 6.07 Å². The van der Waals surface area contributed by atoms with Crippen LogP contribution in [0.1, 0.15) is 31.7 Å². The van der Waals surface area contributed by atoms with Crippen LogP contribution < -0.4 is 4.90 Å². The third kappa shape index (κ3) is 3.89. The van der Waals surface area contributed by atoms with E-state index >= 15 is 0 Å². The van der Waals surface area contributed by atoms with Crippen LogP contribution in [-0.4, -0.2) is 24.2 Å². The van der Waals surface area contributed by atoms with Crippen molar-refractivity contribution in [1.29, 1.82) is 5.26 Å². The highest BCUT2D eigenvalue weighted by molar-refractivity contribution is 6.30. The number of rotatable bonds is 4. The number of carbonyl (C=O) groups is 1. The Kier molecular flexibility index (Phi) is 5.08. The molecule has 1 aromatic carbocycles. The second-order valence-corrected chi connectivity index (χ2v) is 6.13. The largest absolute Gasteiger partial charge is 0.481 e. The van der Waals surface area contributed by atoms with Crippen molar-refractivity contribution < 1.29 is 9.90 Å². The lowest BCUT2D eigenvalue weighted by atomic mass is 9.84. The van der Waals surface area contributed by atoms with Gasteiger partial charge in [-0.05, 0) is 42.9 Å². The number of hydrogen-bond donors (Lipinski definition) is 1. The van der Waals surface area contributed by atoms with Crippen LogP contribution in [-0.2, 0) is 4.79 Å². The minimum Gasteiger partial charge on any atom is -0.481 e. The Bertz CT molecular complexity index is 568. The minimum atomic E-state index is -0.750. The first kappa shape index (κ1) is 15.7. The van der Waals surface area contributed by atoms with Crippen molar-refractivity contribution in [3.63, 3.8) is 0 Å². The highest BCUT2D eigenvalue weighted by Crippen LogP contribution is 2.32. The number of piperidine rings is 1. The van der Waals surface area contributed by atoms with Gasteiger partial charge in [0.05, 0.1) is 11.3 Å². The van der Waals surface area contributed by atoms with E-state index in [-0.39, 0.29) is 12.3 Å². The van der Waals surface area contributed by atoms with E-state index in [0.717, 1.165) is 31.6 Å². The Hall–Kier alpha value is -1.73. The van der Waals surface area contributed by atoms with Crippen LogP contribution in [0.25, 0.3) is 0 Å². The number of carboxylic acid groups (broad SMARTS) is 1. The number of carboxylic acids is 1. The summed E-state index contributed by atoms with van der Waals surface area (Å²) in [6.07, 6.45) is 2.23. The topological polar surface area (TPSA) is 64.3 Å². The second-order valence-electron chi connectivity index (χ2n) is 5.70. The molecule has 1 fully saturated rings. The van der Waals surface area contributed by atoms with Gasteiger partial charge in [0.25, 0.3) is 0 Å². The predicted octanol–water partition coefficient (Wildman–Crippen LogP) is 3.54. The predicted molar refractivity (Wildman–Crippen MR) is 82.5 cm³/mol. The Balaban J connectivity index is 2.16. The van der Waals surface area contributed by atoms with E-state index in [2.05, 4.69) is 11.0 Å². The maximum Gasteiger partial charge on any atom is 0.303 e. The lowest BCUT2D eigenvalue weighted by Gasteiger charge is -2.37. The van der Waals surface area contributed by atoms with Gasteiger partial charge in [-0.25, -0.2) is 0 Å². The molecule has 1 aliphatic heterocycles. The summed E-state index contributed by atoms with van der Waals surface area (Å²) in [7, 11) is 0. The average Bonchev–Trinajstić information content (AvgIpc) is 2.46. The summed E-state index contributed by atoms with van der Waals surface area (Å²) in [5.74, 6) is -0.282. The number of nitrogens with zero attached hydrogens (tertiary/aromatic N) is 2. The summed E-state index contributed by atoms with van der Waals surface area (Å²) in [6.45, 7) is 3.65. The lowest BCUT2D eigenvalue weighted by molar-refractivity contribution is -0.138. The monoisotopic (exact) mass is 306 g/mol. The van der Waals surface area contributed by atoms with Crippen molar-refractivity contribution in [1.82, 2.24) is 0 Å². The fraction of sp³-hybridized carbons (Fsp3) is 0.500. The number of nitriles is 1. The van der Waals surface area contributed by atoms with Crippen molar-refractivity contribution in [2.24, 2.45) is 11.8 Å². The molecule has 2 unspecified atom stereocenters. The fourth-order valence-electron chi connectivity index (χ4n) is 3.00. The number of hydrogen-bond acceptors (Lipinski definition) is 3. The zero-order valence-corrected chi connectivity index (χ0v) is 12.8. The molecule has 0 aliphatic carbocycles. The standard InChI is InChI=1S/C16H19ClN2O2/c1-11(7-16(20)21)13-3-2-6-19(10-13)15-8-14(17)5-4-12(15)9-18/h4-5,8,11,13H,2-3,6-7,10H2,1H3,(H,20,21). The first-order chi connectivity index (χ1) is 10.0. The molecule has 0 saturated carbocycles. The zero-order valence-electron chi connectivity index (χ0n) is 12.1. The molecule has 1 aliphatic rings. The molecule has 1 N–H and O–H groups in total. The Labute approximate surface area is 129 Å². The van der Waals surface area contributed by atoms with Crippen LogP contribution in [0.3, 0.4) is 0 Å². The molecular formula is C16H19ClN2O2. The molecule has 1 saturated heterocycles. The number of aliphatic carboxylic acids is 1. The third-order valence-corrected chi connectivity index (χ3v) is 4.42. The van der Waals surface area contributed by atoms with Crippen LogP contribution in [0.2, 0.25) is 5.02 Å². The zero-order chi connectivity index (χ0) is 15.4. The maximum absolute atomic E-state index is 10.9. The molecule has 4 nitrogen and oxygen atoms in total. The Morgan fingerprint density at radius 3 is 3.05 bits per heavy atom. The minimum absolute atomic E-state index is 0.134. The van der Waals surface area contributed by atoms with Gasteiger partial charge in [-0.1, -0.05) is 18.5 Å². The first-order valence-corrected chi connectivity index (χ1v) is 7.55. The molecule has 112 valence electrons. The second kappa shape index (κ2) is 6.82. The molecule has 2 atom stereocenters. The Morgan fingerprint density at radius 2 is 2.38 bits per heavy atom. The van der Waals surface area contributed by atoms with E-state index in [1.807, 2.05) is 13.0 Å². The quantitative estimate of drug-likeness (QED) is 0.924. The Morgan fingerprint density at radius 1 is 1.62 bits per heavy atom. The molecule has 5 heteroatoms. The molecule has 2 rings (SSSR count). The average molecular weight is 307 g/mol. The molecule has 0 aromatic heterocycles. The van der Waals surface area contributed by atoms with Crippen LogP contribution in [0, 0.1) is 23.2 Å². The molecule has 1 heterocycles. The van der Waals surface area contributed by atoms with Gasteiger partial charge in [0, 0.05) is 24.5 Å². The van der Waals surface area contributed by atoms with Crippen LogP contribution in [0.5, 0.6) is 0 Å². The van der Waals surface area contributed by atoms with E-state index in [1.54, 1.807) is 12.1 Å². The molecule has 21 heavy (non-hydrogen) atoms. The molecule has 0 spiro atoms. The number of halogens is 1. The van der Waals surface area contributed by atoms with E-state index in [9.17, 15) is 10.1 Å². The van der Waals surface area contributed by atoms with Gasteiger partial charge in [-0.15, -0.1) is 0 Å². The van der Waals surface area contributed by atoms with E-state index < -0.39 is 5.97 Å². The highest BCUT2D eigenvalue weighted by atomic mass is 35.5. The van der Waals surface area contributed by atoms with Crippen molar-refractivity contribution in [2.45, 2.75) is 26.2 Å². The van der Waals surface area contributed by atoms with Gasteiger partial charge in [-0.2, -0.15) is 5.26 Å². The number of anilines is 1. The normalized spacial score (nSPS) is 19.9. The number of benzene rings is 1. The molecule has 0 bridgehead atoms. The summed E-state index contributed by atoms with van der Waals surface area (Å²) in [4.78, 5) is 13.0. The van der Waals surface area contributed by atoms with Gasteiger partial charge in [0.1, 0.15) is 6.07 Å². The van der Waals surface area contributed by atoms with Crippen LogP contribution in [0.4, 0.5) is 5.69 Å². The summed E-state index contributed by atoms with van der Waals surface area (Å²) in [5.41, 5.74) is 1.48. The fourth-order valence-corrected chi connectivity index (χ4v) is 3.16. The van der Waals surface area contributed by atoms with E-state index in [4.69, 9.17) is 16.7 Å². The SMILES string of the molecule is CC(CC(=O)O)C1CCCN(c2cc(Cl)ccc2C#N)C1. The lowest BCUT2D eigenvalue weighted by Crippen LogP contribution is -2.38. The van der Waals surface area contributed by atoms with E-state index in [0.29, 0.717) is 16.5 Å². The molecule has 0 radical (unpaired) electrons. The molecule has 0 amide bonds. The smallest absolute Gasteiger partial charge is 0.303 e. The van der Waals surface area contributed by atoms with E-state index in [1.165, 1.54) is 0 Å². The van der Waals surface area contributed by atoms with Crippen molar-refractivity contribution in [3.05, 3.63) is 28.8 Å². The van der Waals surface area contributed by atoms with Gasteiger partial charge < -0.3 is 10.0 Å². The highest BCUT2D eigenvalue weighted by Gasteiger charge is 2.27. The van der Waals surface area contributed by atoms with Gasteiger partial charge in [0.2, 0.25) is 0 Å². The summed E-state index contributed by atoms with van der Waals surface area (Å²) in [6, 6.07) is 7.48. The van der Waals surface area contributed by atoms with Crippen molar-refractivity contribution >= 4 is 23.3 Å². The summed E-state index contributed by atoms with van der Waals surface area (Å²) < 4.78 is 0. The molecular weight excluding hydrogens is 288 g/mol. The van der Waals surface area contributed by atoms with Gasteiger partial charge in [0.15, 0.2) is 0 Å². The van der Waals surface area contributed by atoms with Gasteiger partial charge >= 0.3 is 5.97 Å². The summed E-state index contributed by atoms with van der Waals surface area (Å²) >= 11 is 6.05. The maximum atomic E-state index is 10.9. The first-order valence-electron chi connectivity index (χ1n) is 7.17.